The van der Waals surface area contributed by atoms with Gasteiger partial charge in [0.05, 0.1) is 12.2 Å². The van der Waals surface area contributed by atoms with Gasteiger partial charge in [-0.1, -0.05) is 13.8 Å². The fourth-order valence-corrected chi connectivity index (χ4v) is 1.88. The normalized spacial score (nSPS) is 26.1. The summed E-state index contributed by atoms with van der Waals surface area (Å²) in [7, 11) is 0. The molecule has 0 aliphatic carbocycles. The van der Waals surface area contributed by atoms with E-state index in [0.717, 1.165) is 0 Å². The Morgan fingerprint density at radius 1 is 1.24 bits per heavy atom. The molecule has 1 aliphatic heterocycles. The number of hydrogen-bond donors (Lipinski definition) is 3. The first-order chi connectivity index (χ1) is 7.82. The van der Waals surface area contributed by atoms with Crippen LogP contribution in [-0.4, -0.2) is 58.3 Å². The van der Waals surface area contributed by atoms with Crippen molar-refractivity contribution >= 4 is 11.8 Å². The molecule has 3 atom stereocenters. The van der Waals surface area contributed by atoms with E-state index in [2.05, 4.69) is 5.32 Å². The van der Waals surface area contributed by atoms with Crippen molar-refractivity contribution in [3.05, 3.63) is 0 Å². The van der Waals surface area contributed by atoms with Crippen molar-refractivity contribution in [2.75, 3.05) is 13.1 Å². The Labute approximate surface area is 101 Å². The third-order valence-electron chi connectivity index (χ3n) is 2.86. The second-order valence-electron chi connectivity index (χ2n) is 4.80. The highest BCUT2D eigenvalue weighted by Gasteiger charge is 2.36. The number of aliphatic hydroxyl groups excluding tert-OH is 2. The molecule has 2 amide bonds. The summed E-state index contributed by atoms with van der Waals surface area (Å²) in [6.07, 6.45) is -1.80. The molecule has 1 unspecified atom stereocenters. The molecule has 0 aromatic rings. The van der Waals surface area contributed by atoms with Crippen molar-refractivity contribution in [2.45, 2.75) is 39.0 Å². The molecular weight excluding hydrogens is 224 g/mol. The van der Waals surface area contributed by atoms with Crippen LogP contribution in [0.2, 0.25) is 0 Å². The van der Waals surface area contributed by atoms with Crippen LogP contribution in [0.15, 0.2) is 0 Å². The van der Waals surface area contributed by atoms with Crippen LogP contribution in [0.5, 0.6) is 0 Å². The van der Waals surface area contributed by atoms with Crippen molar-refractivity contribution < 1.29 is 19.8 Å². The van der Waals surface area contributed by atoms with Crippen molar-refractivity contribution in [3.8, 4) is 0 Å². The number of carbonyl (C=O) groups is 2. The molecule has 1 saturated heterocycles. The van der Waals surface area contributed by atoms with E-state index in [1.165, 1.54) is 11.8 Å². The second kappa shape index (κ2) is 5.46. The third-order valence-corrected chi connectivity index (χ3v) is 2.86. The third kappa shape index (κ3) is 3.41. The lowest BCUT2D eigenvalue weighted by atomic mass is 10.0. The van der Waals surface area contributed by atoms with E-state index in [1.54, 1.807) is 0 Å². The molecule has 1 fully saturated rings. The van der Waals surface area contributed by atoms with E-state index in [0.29, 0.717) is 0 Å². The molecule has 17 heavy (non-hydrogen) atoms. The van der Waals surface area contributed by atoms with Crippen molar-refractivity contribution in [2.24, 2.45) is 5.92 Å². The van der Waals surface area contributed by atoms with Crippen LogP contribution in [-0.2, 0) is 9.59 Å². The highest BCUT2D eigenvalue weighted by Crippen LogP contribution is 2.14. The average Bonchev–Trinajstić information content (AvgIpc) is 2.54. The van der Waals surface area contributed by atoms with Crippen LogP contribution in [0.3, 0.4) is 0 Å². The van der Waals surface area contributed by atoms with Gasteiger partial charge in [0.25, 0.3) is 0 Å². The second-order valence-corrected chi connectivity index (χ2v) is 4.80. The summed E-state index contributed by atoms with van der Waals surface area (Å²) >= 11 is 0. The summed E-state index contributed by atoms with van der Waals surface area (Å²) in [5.74, 6) is -0.565. The predicted molar refractivity (Wildman–Crippen MR) is 61.0 cm³/mol. The minimum Gasteiger partial charge on any atom is -0.388 e. The van der Waals surface area contributed by atoms with Gasteiger partial charge >= 0.3 is 0 Å². The maximum atomic E-state index is 12.1. The molecule has 0 radical (unpaired) electrons. The lowest BCUT2D eigenvalue weighted by Crippen LogP contribution is -2.50. The van der Waals surface area contributed by atoms with Crippen LogP contribution in [0.4, 0.5) is 0 Å². The number of nitrogens with one attached hydrogen (secondary N) is 1. The molecule has 6 nitrogen and oxygen atoms in total. The largest absolute Gasteiger partial charge is 0.388 e. The van der Waals surface area contributed by atoms with Gasteiger partial charge in [-0.05, 0) is 5.92 Å². The fraction of sp³-hybridized carbons (Fsp3) is 0.818. The number of likely N-dealkylation sites (tertiary alicyclic amines) is 1. The maximum absolute atomic E-state index is 12.1. The van der Waals surface area contributed by atoms with E-state index in [9.17, 15) is 19.8 Å². The SMILES string of the molecule is CC(=O)NC(C(=O)N1C[C@@H](O)[C@@H](O)C1)C(C)C. The zero-order chi connectivity index (χ0) is 13.2. The maximum Gasteiger partial charge on any atom is 0.245 e. The smallest absolute Gasteiger partial charge is 0.245 e. The summed E-state index contributed by atoms with van der Waals surface area (Å²) in [6, 6.07) is -0.606. The number of hydrogen-bond acceptors (Lipinski definition) is 4. The van der Waals surface area contributed by atoms with Crippen LogP contribution in [0.25, 0.3) is 0 Å². The molecule has 6 heteroatoms. The highest BCUT2D eigenvalue weighted by molar-refractivity contribution is 5.87. The van der Waals surface area contributed by atoms with Gasteiger partial charge in [-0.3, -0.25) is 9.59 Å². The van der Waals surface area contributed by atoms with E-state index >= 15 is 0 Å². The summed E-state index contributed by atoms with van der Waals surface area (Å²) in [5, 5.41) is 21.4. The molecule has 1 aliphatic rings. The summed E-state index contributed by atoms with van der Waals surface area (Å²) in [6.45, 7) is 5.25. The first-order valence-corrected chi connectivity index (χ1v) is 5.75. The van der Waals surface area contributed by atoms with Crippen LogP contribution in [0, 0.1) is 5.92 Å². The molecule has 3 N–H and O–H groups in total. The molecular formula is C11H20N2O4. The first-order valence-electron chi connectivity index (χ1n) is 5.75. The molecule has 0 spiro atoms. The zero-order valence-electron chi connectivity index (χ0n) is 10.4. The monoisotopic (exact) mass is 244 g/mol. The van der Waals surface area contributed by atoms with Crippen molar-refractivity contribution in [1.82, 2.24) is 10.2 Å². The standard InChI is InChI=1S/C11H20N2O4/c1-6(2)10(12-7(3)14)11(17)13-4-8(15)9(16)5-13/h6,8-10,15-16H,4-5H2,1-3H3,(H,12,14)/t8-,9+,10?. The lowest BCUT2D eigenvalue weighted by Gasteiger charge is -2.26. The van der Waals surface area contributed by atoms with E-state index in [4.69, 9.17) is 0 Å². The Morgan fingerprint density at radius 3 is 2.06 bits per heavy atom. The molecule has 0 aromatic carbocycles. The van der Waals surface area contributed by atoms with Gasteiger partial charge < -0.3 is 20.4 Å². The zero-order valence-corrected chi connectivity index (χ0v) is 10.4. The Kier molecular flexibility index (Phi) is 4.47. The summed E-state index contributed by atoms with van der Waals surface area (Å²) in [5.41, 5.74) is 0. The van der Waals surface area contributed by atoms with Gasteiger partial charge in [0.1, 0.15) is 6.04 Å². The molecule has 0 bridgehead atoms. The number of β-amino-alcohol motifs (C(OH)–C–C–N with tert-alkyl or cyclic N) is 2. The van der Waals surface area contributed by atoms with E-state index in [1.807, 2.05) is 13.8 Å². The predicted octanol–water partition coefficient (Wildman–Crippen LogP) is -1.29. The van der Waals surface area contributed by atoms with Crippen LogP contribution < -0.4 is 5.32 Å². The van der Waals surface area contributed by atoms with Gasteiger partial charge in [-0.15, -0.1) is 0 Å². The molecule has 98 valence electrons. The number of aliphatic hydroxyl groups is 2. The molecule has 0 aromatic heterocycles. The number of nitrogens with zero attached hydrogens (tertiary/aromatic N) is 1. The number of carbonyl (C=O) groups excluding carboxylic acids is 2. The average molecular weight is 244 g/mol. The molecule has 0 saturated carbocycles. The van der Waals surface area contributed by atoms with Crippen LogP contribution in [0.1, 0.15) is 20.8 Å². The van der Waals surface area contributed by atoms with Crippen molar-refractivity contribution in [1.29, 1.82) is 0 Å². The minimum absolute atomic E-state index is 0.0405. The topological polar surface area (TPSA) is 89.9 Å². The lowest BCUT2D eigenvalue weighted by molar-refractivity contribution is -0.136. The summed E-state index contributed by atoms with van der Waals surface area (Å²) in [4.78, 5) is 24.5. The van der Waals surface area contributed by atoms with Gasteiger partial charge in [-0.2, -0.15) is 0 Å². The first kappa shape index (κ1) is 13.9. The minimum atomic E-state index is -0.899. The van der Waals surface area contributed by atoms with E-state index in [-0.39, 0.29) is 30.8 Å². The Morgan fingerprint density at radius 2 is 1.71 bits per heavy atom. The van der Waals surface area contributed by atoms with Gasteiger partial charge in [0.15, 0.2) is 0 Å². The fourth-order valence-electron chi connectivity index (χ4n) is 1.88. The number of amides is 2. The molecule has 1 heterocycles. The Hall–Kier alpha value is -1.14. The van der Waals surface area contributed by atoms with Gasteiger partial charge in [-0.25, -0.2) is 0 Å². The summed E-state index contributed by atoms with van der Waals surface area (Å²) < 4.78 is 0. The quantitative estimate of drug-likeness (QED) is 0.576. The number of rotatable bonds is 3. The Balaban J connectivity index is 2.69. The van der Waals surface area contributed by atoms with E-state index < -0.39 is 18.2 Å². The van der Waals surface area contributed by atoms with Gasteiger partial charge in [0, 0.05) is 20.0 Å². The van der Waals surface area contributed by atoms with Gasteiger partial charge in [0.2, 0.25) is 11.8 Å². The Bertz CT molecular complexity index is 296. The highest BCUT2D eigenvalue weighted by atomic mass is 16.3. The molecule has 1 rings (SSSR count). The van der Waals surface area contributed by atoms with Crippen LogP contribution >= 0.6 is 0 Å². The van der Waals surface area contributed by atoms with Crippen molar-refractivity contribution in [3.63, 3.8) is 0 Å².